The van der Waals surface area contributed by atoms with Crippen LogP contribution in [0.1, 0.15) is 29.7 Å². The molecule has 2 heterocycles. The van der Waals surface area contributed by atoms with Crippen LogP contribution in [0.25, 0.3) is 11.8 Å². The number of esters is 1. The van der Waals surface area contributed by atoms with Crippen molar-refractivity contribution in [2.24, 2.45) is 4.99 Å². The van der Waals surface area contributed by atoms with E-state index in [-0.39, 0.29) is 24.3 Å². The first-order valence-corrected chi connectivity index (χ1v) is 15.4. The Bertz CT molecular complexity index is 1870. The van der Waals surface area contributed by atoms with Gasteiger partial charge in [-0.15, -0.1) is 6.42 Å². The van der Waals surface area contributed by atoms with Crippen LogP contribution >= 0.6 is 56.5 Å². The fourth-order valence-corrected chi connectivity index (χ4v) is 7.60. The summed E-state index contributed by atoms with van der Waals surface area (Å²) in [6.45, 7) is 2.01. The molecular formula is C31H21FI2N2O4S. The summed E-state index contributed by atoms with van der Waals surface area (Å²) in [5.41, 5.74) is 2.35. The maximum atomic E-state index is 14.0. The second kappa shape index (κ2) is 12.7. The minimum absolute atomic E-state index is 0.142. The molecule has 0 unspecified atom stereocenters. The predicted octanol–water partition coefficient (Wildman–Crippen LogP) is 5.30. The Morgan fingerprint density at radius 1 is 1.15 bits per heavy atom. The number of nitrogens with zero attached hydrogens (tertiary/aromatic N) is 2. The summed E-state index contributed by atoms with van der Waals surface area (Å²) in [7, 11) is 0. The van der Waals surface area contributed by atoms with E-state index in [9.17, 15) is 14.0 Å². The summed E-state index contributed by atoms with van der Waals surface area (Å²) in [6.07, 6.45) is 7.13. The van der Waals surface area contributed by atoms with Gasteiger partial charge in [-0.1, -0.05) is 59.7 Å². The molecule has 0 spiro atoms. The minimum Gasteiger partial charge on any atom is -0.479 e. The standard InChI is InChI=1S/C31H21FI2N2O4S/c1-3-14-40-28-22(33)15-18(16-23(28)34)17-24-29(37)36-27(20-10-12-21(32)13-11-20)25(30(38)39-4-2)26(35-31(36)41-24)19-8-6-5-7-9-19/h1,5-13,15-17,27H,4,14H2,2H3/b24-17-/t27-/m1/s1. The number of benzene rings is 3. The third-order valence-corrected chi connectivity index (χ3v) is 8.76. The molecule has 0 amide bonds. The summed E-state index contributed by atoms with van der Waals surface area (Å²) in [5, 5.41) is 0. The monoisotopic (exact) mass is 790 g/mol. The molecule has 1 aliphatic rings. The van der Waals surface area contributed by atoms with E-state index in [1.807, 2.05) is 42.5 Å². The number of rotatable bonds is 7. The average molecular weight is 790 g/mol. The number of thiazole rings is 1. The van der Waals surface area contributed by atoms with Gasteiger partial charge in [0.25, 0.3) is 5.56 Å². The van der Waals surface area contributed by atoms with Gasteiger partial charge in [-0.25, -0.2) is 14.2 Å². The van der Waals surface area contributed by atoms with Crippen molar-refractivity contribution in [2.45, 2.75) is 13.0 Å². The number of ether oxygens (including phenoxy) is 2. The van der Waals surface area contributed by atoms with E-state index >= 15 is 0 Å². The number of terminal acetylenes is 1. The topological polar surface area (TPSA) is 69.9 Å². The minimum atomic E-state index is -0.872. The van der Waals surface area contributed by atoms with E-state index in [1.54, 1.807) is 25.1 Å². The van der Waals surface area contributed by atoms with Gasteiger partial charge in [0, 0.05) is 5.56 Å². The fourth-order valence-electron chi connectivity index (χ4n) is 4.47. The normalized spacial score (nSPS) is 14.7. The highest BCUT2D eigenvalue weighted by atomic mass is 127. The van der Waals surface area contributed by atoms with Crippen LogP contribution in [0, 0.1) is 25.3 Å². The van der Waals surface area contributed by atoms with Gasteiger partial charge < -0.3 is 9.47 Å². The highest BCUT2D eigenvalue weighted by Crippen LogP contribution is 2.35. The van der Waals surface area contributed by atoms with E-state index in [1.165, 1.54) is 28.0 Å². The summed E-state index contributed by atoms with van der Waals surface area (Å²) in [4.78, 5) is 32.7. The molecule has 0 N–H and O–H groups in total. The molecule has 4 aromatic rings. The first-order valence-electron chi connectivity index (χ1n) is 12.4. The van der Waals surface area contributed by atoms with E-state index < -0.39 is 17.8 Å². The summed E-state index contributed by atoms with van der Waals surface area (Å²) in [6, 6.07) is 18.0. The maximum absolute atomic E-state index is 14.0. The van der Waals surface area contributed by atoms with Crippen molar-refractivity contribution < 1.29 is 18.7 Å². The quantitative estimate of drug-likeness (QED) is 0.145. The zero-order valence-corrected chi connectivity index (χ0v) is 26.7. The van der Waals surface area contributed by atoms with Crippen molar-refractivity contribution in [1.29, 1.82) is 0 Å². The molecule has 0 radical (unpaired) electrons. The molecule has 0 aliphatic carbocycles. The second-order valence-electron chi connectivity index (χ2n) is 8.79. The van der Waals surface area contributed by atoms with Gasteiger partial charge in [-0.3, -0.25) is 9.36 Å². The van der Waals surface area contributed by atoms with Crippen molar-refractivity contribution in [3.05, 3.63) is 122 Å². The summed E-state index contributed by atoms with van der Waals surface area (Å²) < 4.78 is 28.7. The average Bonchev–Trinajstić information content (AvgIpc) is 3.27. The number of hydrogen-bond acceptors (Lipinski definition) is 6. The molecule has 206 valence electrons. The Balaban J connectivity index is 1.76. The van der Waals surface area contributed by atoms with Crippen LogP contribution in [0.15, 0.2) is 82.1 Å². The molecule has 1 atom stereocenters. The lowest BCUT2D eigenvalue weighted by atomic mass is 9.93. The Kier molecular flexibility index (Phi) is 9.06. The number of halogens is 3. The largest absolute Gasteiger partial charge is 0.479 e. The van der Waals surface area contributed by atoms with E-state index in [2.05, 4.69) is 51.1 Å². The van der Waals surface area contributed by atoms with Gasteiger partial charge >= 0.3 is 5.97 Å². The zero-order chi connectivity index (χ0) is 29.1. The SMILES string of the molecule is C#CCOc1c(I)cc(/C=c2\sc3n(c2=O)[C@H](c2ccc(F)cc2)C(C(=O)OCC)=C(c2ccccc2)N=3)cc1I. The third kappa shape index (κ3) is 6.02. The van der Waals surface area contributed by atoms with Crippen molar-refractivity contribution in [2.75, 3.05) is 13.2 Å². The Morgan fingerprint density at radius 2 is 1.83 bits per heavy atom. The van der Waals surface area contributed by atoms with Crippen LogP contribution in [0.3, 0.4) is 0 Å². The van der Waals surface area contributed by atoms with Crippen LogP contribution in [-0.4, -0.2) is 23.8 Å². The van der Waals surface area contributed by atoms with Gasteiger partial charge in [0.1, 0.15) is 18.2 Å². The first-order chi connectivity index (χ1) is 19.8. The number of aromatic nitrogens is 1. The first kappa shape index (κ1) is 29.2. The lowest BCUT2D eigenvalue weighted by Crippen LogP contribution is -2.40. The van der Waals surface area contributed by atoms with Gasteiger partial charge in [0.15, 0.2) is 4.80 Å². The van der Waals surface area contributed by atoms with E-state index in [4.69, 9.17) is 20.9 Å². The van der Waals surface area contributed by atoms with Crippen molar-refractivity contribution in [1.82, 2.24) is 4.57 Å². The number of carbonyl (C=O) groups is 1. The van der Waals surface area contributed by atoms with Gasteiger partial charge in [0.05, 0.1) is 35.6 Å². The van der Waals surface area contributed by atoms with Crippen LogP contribution in [0.2, 0.25) is 0 Å². The Morgan fingerprint density at radius 3 is 2.46 bits per heavy atom. The summed E-state index contributed by atoms with van der Waals surface area (Å²) >= 11 is 5.57. The van der Waals surface area contributed by atoms with Crippen molar-refractivity contribution in [3.63, 3.8) is 0 Å². The highest BCUT2D eigenvalue weighted by Gasteiger charge is 2.35. The van der Waals surface area contributed by atoms with Crippen molar-refractivity contribution in [3.8, 4) is 18.1 Å². The maximum Gasteiger partial charge on any atom is 0.338 e. The molecule has 1 aliphatic heterocycles. The zero-order valence-electron chi connectivity index (χ0n) is 21.6. The summed E-state index contributed by atoms with van der Waals surface area (Å²) in [5.74, 6) is 2.14. The lowest BCUT2D eigenvalue weighted by Gasteiger charge is -2.25. The van der Waals surface area contributed by atoms with Gasteiger partial charge in [-0.2, -0.15) is 0 Å². The van der Waals surface area contributed by atoms with Crippen LogP contribution in [-0.2, 0) is 9.53 Å². The third-order valence-electron chi connectivity index (χ3n) is 6.18. The number of carbonyl (C=O) groups excluding carboxylic acids is 1. The molecular weight excluding hydrogens is 769 g/mol. The van der Waals surface area contributed by atoms with Crippen LogP contribution in [0.4, 0.5) is 4.39 Å². The number of hydrogen-bond donors (Lipinski definition) is 0. The molecule has 0 fully saturated rings. The van der Waals surface area contributed by atoms with Crippen LogP contribution < -0.4 is 19.6 Å². The Labute approximate surface area is 266 Å². The lowest BCUT2D eigenvalue weighted by molar-refractivity contribution is -0.138. The molecule has 1 aromatic heterocycles. The molecule has 0 bridgehead atoms. The molecule has 0 saturated carbocycles. The fraction of sp³-hybridized carbons (Fsp3) is 0.129. The van der Waals surface area contributed by atoms with Gasteiger partial charge in [0.2, 0.25) is 0 Å². The molecule has 0 saturated heterocycles. The molecule has 5 rings (SSSR count). The smallest absolute Gasteiger partial charge is 0.338 e. The van der Waals surface area contributed by atoms with E-state index in [0.29, 0.717) is 31.9 Å². The second-order valence-corrected chi connectivity index (χ2v) is 12.1. The molecule has 41 heavy (non-hydrogen) atoms. The Hall–Kier alpha value is -3.28. The van der Waals surface area contributed by atoms with E-state index in [0.717, 1.165) is 12.7 Å². The molecule has 6 nitrogen and oxygen atoms in total. The molecule has 3 aromatic carbocycles. The van der Waals surface area contributed by atoms with Gasteiger partial charge in [-0.05, 0) is 93.6 Å². The highest BCUT2D eigenvalue weighted by molar-refractivity contribution is 14.1. The number of fused-ring (bicyclic) bond motifs is 1. The predicted molar refractivity (Wildman–Crippen MR) is 174 cm³/mol. The van der Waals surface area contributed by atoms with Crippen LogP contribution in [0.5, 0.6) is 5.75 Å². The van der Waals surface area contributed by atoms with Crippen molar-refractivity contribution >= 4 is 74.3 Å². The molecule has 10 heteroatoms.